The number of piperidine rings is 1. The molecule has 0 atom stereocenters. The lowest BCUT2D eigenvalue weighted by molar-refractivity contribution is 0.0718. The number of amides is 1. The van der Waals surface area contributed by atoms with E-state index in [0.717, 1.165) is 19.3 Å². The molecule has 29 heavy (non-hydrogen) atoms. The van der Waals surface area contributed by atoms with Gasteiger partial charge in [0.15, 0.2) is 5.69 Å². The number of rotatable bonds is 4. The molecule has 0 aliphatic carbocycles. The molecule has 0 saturated carbocycles. The van der Waals surface area contributed by atoms with Crippen LogP contribution in [0.5, 0.6) is 11.5 Å². The number of carbonyl (C=O) groups excluding carboxylic acids is 1. The predicted molar refractivity (Wildman–Crippen MR) is 110 cm³/mol. The molecule has 1 aliphatic rings. The van der Waals surface area contributed by atoms with E-state index in [-0.39, 0.29) is 17.2 Å². The smallest absolute Gasteiger partial charge is 0.279 e. The lowest BCUT2D eigenvalue weighted by Gasteiger charge is -2.27. The lowest BCUT2D eigenvalue weighted by Crippen LogP contribution is -2.37. The van der Waals surface area contributed by atoms with Gasteiger partial charge in [-0.15, -0.1) is 0 Å². The zero-order chi connectivity index (χ0) is 20.4. The van der Waals surface area contributed by atoms with E-state index in [1.54, 1.807) is 43.5 Å². The van der Waals surface area contributed by atoms with E-state index in [2.05, 4.69) is 5.10 Å². The van der Waals surface area contributed by atoms with Crippen LogP contribution < -0.4 is 15.0 Å². The highest BCUT2D eigenvalue weighted by Crippen LogP contribution is 2.27. The zero-order valence-corrected chi connectivity index (χ0v) is 16.6. The Bertz CT molecular complexity index is 1120. The minimum absolute atomic E-state index is 0.151. The summed E-state index contributed by atoms with van der Waals surface area (Å²) in [6.07, 6.45) is 3.09. The Hall–Kier alpha value is -3.35. The molecular weight excluding hydrogens is 370 g/mol. The van der Waals surface area contributed by atoms with Crippen LogP contribution in [0, 0.1) is 0 Å². The third-order valence-electron chi connectivity index (χ3n) is 5.27. The fraction of sp³-hybridized carbons (Fsp3) is 0.318. The summed E-state index contributed by atoms with van der Waals surface area (Å²) in [7, 11) is 3.08. The Morgan fingerprint density at radius 3 is 2.38 bits per heavy atom. The fourth-order valence-corrected chi connectivity index (χ4v) is 3.72. The number of likely N-dealkylation sites (tertiary alicyclic amines) is 1. The number of hydrogen-bond acceptors (Lipinski definition) is 5. The molecule has 0 bridgehead atoms. The summed E-state index contributed by atoms with van der Waals surface area (Å²) < 4.78 is 11.9. The van der Waals surface area contributed by atoms with Gasteiger partial charge in [0, 0.05) is 24.5 Å². The summed E-state index contributed by atoms with van der Waals surface area (Å²) in [4.78, 5) is 28.3. The summed E-state index contributed by atoms with van der Waals surface area (Å²) in [6.45, 7) is 1.42. The molecular formula is C22H23N3O4. The van der Waals surface area contributed by atoms with Gasteiger partial charge in [-0.1, -0.05) is 18.2 Å². The third kappa shape index (κ3) is 3.44. The van der Waals surface area contributed by atoms with Gasteiger partial charge in [0.25, 0.3) is 11.5 Å². The van der Waals surface area contributed by atoms with Crippen LogP contribution in [0.25, 0.3) is 16.5 Å². The first-order valence-electron chi connectivity index (χ1n) is 9.68. The Morgan fingerprint density at radius 2 is 1.69 bits per heavy atom. The average molecular weight is 393 g/mol. The van der Waals surface area contributed by atoms with Gasteiger partial charge in [0.1, 0.15) is 17.2 Å². The summed E-state index contributed by atoms with van der Waals surface area (Å²) in [5.41, 5.74) is 0.427. The van der Waals surface area contributed by atoms with Gasteiger partial charge in [0.2, 0.25) is 0 Å². The summed E-state index contributed by atoms with van der Waals surface area (Å²) >= 11 is 0. The molecule has 1 aliphatic heterocycles. The molecule has 7 heteroatoms. The highest BCUT2D eigenvalue weighted by Gasteiger charge is 2.24. The van der Waals surface area contributed by atoms with Gasteiger partial charge in [0.05, 0.1) is 19.6 Å². The Kier molecular flexibility index (Phi) is 5.20. The number of ether oxygens (including phenoxy) is 2. The first-order chi connectivity index (χ1) is 14.1. The number of aromatic nitrogens is 2. The molecule has 0 unspecified atom stereocenters. The van der Waals surface area contributed by atoms with E-state index < -0.39 is 0 Å². The molecule has 1 aromatic heterocycles. The topological polar surface area (TPSA) is 73.7 Å². The number of nitrogens with zero attached hydrogens (tertiary/aromatic N) is 3. The number of hydrogen-bond donors (Lipinski definition) is 0. The predicted octanol–water partition coefficient (Wildman–Crippen LogP) is 3.03. The van der Waals surface area contributed by atoms with E-state index in [4.69, 9.17) is 9.47 Å². The maximum absolute atomic E-state index is 13.3. The maximum Gasteiger partial charge on any atom is 0.279 e. The molecule has 150 valence electrons. The molecule has 1 saturated heterocycles. The highest BCUT2D eigenvalue weighted by atomic mass is 16.5. The van der Waals surface area contributed by atoms with Gasteiger partial charge >= 0.3 is 0 Å². The molecule has 4 rings (SSSR count). The van der Waals surface area contributed by atoms with Crippen LogP contribution in [0.15, 0.2) is 47.3 Å². The van der Waals surface area contributed by atoms with Crippen molar-refractivity contribution in [1.29, 1.82) is 0 Å². The van der Waals surface area contributed by atoms with Crippen molar-refractivity contribution in [1.82, 2.24) is 14.7 Å². The fourth-order valence-electron chi connectivity index (χ4n) is 3.72. The average Bonchev–Trinajstić information content (AvgIpc) is 2.79. The molecule has 1 fully saturated rings. The van der Waals surface area contributed by atoms with Gasteiger partial charge in [-0.2, -0.15) is 9.78 Å². The summed E-state index contributed by atoms with van der Waals surface area (Å²) in [5, 5.41) is 5.51. The number of benzene rings is 2. The normalized spacial score (nSPS) is 14.1. The van der Waals surface area contributed by atoms with Crippen LogP contribution in [0.3, 0.4) is 0 Å². The molecule has 0 radical (unpaired) electrons. The first-order valence-corrected chi connectivity index (χ1v) is 9.68. The molecule has 3 aromatic rings. The van der Waals surface area contributed by atoms with Crippen molar-refractivity contribution >= 4 is 16.7 Å². The second-order valence-electron chi connectivity index (χ2n) is 7.00. The van der Waals surface area contributed by atoms with Crippen LogP contribution >= 0.6 is 0 Å². The molecule has 0 spiro atoms. The number of fused-ring (bicyclic) bond motifs is 1. The van der Waals surface area contributed by atoms with Crippen molar-refractivity contribution < 1.29 is 14.3 Å². The second-order valence-corrected chi connectivity index (χ2v) is 7.00. The van der Waals surface area contributed by atoms with Crippen molar-refractivity contribution in [3.63, 3.8) is 0 Å². The maximum atomic E-state index is 13.3. The molecule has 0 N–H and O–H groups in total. The van der Waals surface area contributed by atoms with E-state index in [9.17, 15) is 9.59 Å². The minimum atomic E-state index is -0.306. The van der Waals surface area contributed by atoms with Gasteiger partial charge in [-0.3, -0.25) is 9.59 Å². The standard InChI is InChI=1S/C22H23N3O4/c1-28-15-10-11-18(19(14-15)29-2)25-21(26)17-9-5-4-8-16(17)20(23-25)22(27)24-12-6-3-7-13-24/h4-5,8-11,14H,3,6-7,12-13H2,1-2H3. The van der Waals surface area contributed by atoms with Crippen LogP contribution in [0.1, 0.15) is 29.8 Å². The van der Waals surface area contributed by atoms with Crippen molar-refractivity contribution in [2.24, 2.45) is 0 Å². The van der Waals surface area contributed by atoms with Crippen LogP contribution in [0.2, 0.25) is 0 Å². The second kappa shape index (κ2) is 7.95. The van der Waals surface area contributed by atoms with E-state index in [0.29, 0.717) is 41.0 Å². The molecule has 1 amide bonds. The van der Waals surface area contributed by atoms with Crippen LogP contribution in [0.4, 0.5) is 0 Å². The van der Waals surface area contributed by atoms with Gasteiger partial charge in [-0.05, 0) is 37.5 Å². The molecule has 2 aromatic carbocycles. The third-order valence-corrected chi connectivity index (χ3v) is 5.27. The van der Waals surface area contributed by atoms with Crippen molar-refractivity contribution in [2.75, 3.05) is 27.3 Å². The molecule has 2 heterocycles. The Balaban J connectivity index is 1.93. The van der Waals surface area contributed by atoms with Crippen molar-refractivity contribution in [2.45, 2.75) is 19.3 Å². The van der Waals surface area contributed by atoms with Crippen molar-refractivity contribution in [3.05, 3.63) is 58.5 Å². The lowest BCUT2D eigenvalue weighted by atomic mass is 10.1. The summed E-state index contributed by atoms with van der Waals surface area (Å²) in [5.74, 6) is 0.886. The van der Waals surface area contributed by atoms with Gasteiger partial charge in [-0.25, -0.2) is 0 Å². The van der Waals surface area contributed by atoms with Crippen LogP contribution in [-0.4, -0.2) is 47.9 Å². The zero-order valence-electron chi connectivity index (χ0n) is 16.6. The SMILES string of the molecule is COc1ccc(-n2nc(C(=O)N3CCCCC3)c3ccccc3c2=O)c(OC)c1. The number of methoxy groups -OCH3 is 2. The van der Waals surface area contributed by atoms with Gasteiger partial charge < -0.3 is 14.4 Å². The molecule has 7 nitrogen and oxygen atoms in total. The van der Waals surface area contributed by atoms with E-state index in [1.165, 1.54) is 11.8 Å². The highest BCUT2D eigenvalue weighted by molar-refractivity contribution is 6.04. The monoisotopic (exact) mass is 393 g/mol. The largest absolute Gasteiger partial charge is 0.497 e. The Labute approximate surface area is 168 Å². The quantitative estimate of drug-likeness (QED) is 0.681. The van der Waals surface area contributed by atoms with Crippen molar-refractivity contribution in [3.8, 4) is 17.2 Å². The van der Waals surface area contributed by atoms with E-state index in [1.807, 2.05) is 11.0 Å². The van der Waals surface area contributed by atoms with Crippen LogP contribution in [-0.2, 0) is 0 Å². The minimum Gasteiger partial charge on any atom is -0.497 e. The summed E-state index contributed by atoms with van der Waals surface area (Å²) in [6, 6.07) is 12.2. The first kappa shape index (κ1) is 19.0. The van der Waals surface area contributed by atoms with E-state index >= 15 is 0 Å². The Morgan fingerprint density at radius 1 is 0.966 bits per heavy atom. The number of carbonyl (C=O) groups is 1.